The molecule has 0 spiro atoms. The summed E-state index contributed by atoms with van der Waals surface area (Å²) >= 11 is 2.04. The highest BCUT2D eigenvalue weighted by atomic mass is 32.2. The van der Waals surface area contributed by atoms with Gasteiger partial charge < -0.3 is 10.2 Å². The molecule has 3 rings (SSSR count). The molecule has 0 aromatic rings. The van der Waals surface area contributed by atoms with Crippen LogP contribution in [0.25, 0.3) is 0 Å². The van der Waals surface area contributed by atoms with Gasteiger partial charge >= 0.3 is 0 Å². The van der Waals surface area contributed by atoms with E-state index < -0.39 is 0 Å². The predicted octanol–water partition coefficient (Wildman–Crippen LogP) is 2.57. The lowest BCUT2D eigenvalue weighted by molar-refractivity contribution is -0.139. The Morgan fingerprint density at radius 1 is 1.18 bits per heavy atom. The van der Waals surface area contributed by atoms with Crippen LogP contribution in [-0.4, -0.2) is 46.3 Å². The molecule has 3 atom stereocenters. The van der Waals surface area contributed by atoms with Crippen LogP contribution in [-0.2, 0) is 9.59 Å². The van der Waals surface area contributed by atoms with E-state index in [0.29, 0.717) is 17.2 Å². The zero-order chi connectivity index (χ0) is 15.5. The van der Waals surface area contributed by atoms with E-state index in [0.717, 1.165) is 25.1 Å². The third kappa shape index (κ3) is 3.61. The molecular formula is C17H28N2O2S. The highest BCUT2D eigenvalue weighted by Crippen LogP contribution is 2.37. The average molecular weight is 324 g/mol. The molecular weight excluding hydrogens is 296 g/mol. The first kappa shape index (κ1) is 16.2. The molecule has 0 aromatic heterocycles. The summed E-state index contributed by atoms with van der Waals surface area (Å²) in [5.74, 6) is 1.77. The molecule has 2 saturated carbocycles. The van der Waals surface area contributed by atoms with Gasteiger partial charge in [-0.15, -0.1) is 0 Å². The minimum absolute atomic E-state index is 0.0794. The Labute approximate surface area is 137 Å². The second-order valence-corrected chi connectivity index (χ2v) is 8.43. The smallest absolute Gasteiger partial charge is 0.245 e. The minimum atomic E-state index is -0.298. The summed E-state index contributed by atoms with van der Waals surface area (Å²) < 4.78 is 0. The fourth-order valence-electron chi connectivity index (χ4n) is 4.10. The molecule has 1 N–H and O–H groups in total. The van der Waals surface area contributed by atoms with Gasteiger partial charge in [0.1, 0.15) is 6.04 Å². The Morgan fingerprint density at radius 3 is 2.64 bits per heavy atom. The van der Waals surface area contributed by atoms with Crippen LogP contribution in [0.15, 0.2) is 0 Å². The van der Waals surface area contributed by atoms with Crippen LogP contribution in [0.3, 0.4) is 0 Å². The monoisotopic (exact) mass is 324 g/mol. The van der Waals surface area contributed by atoms with Gasteiger partial charge in [-0.25, -0.2) is 0 Å². The fraction of sp³-hybridized carbons (Fsp3) is 0.882. The molecule has 0 aromatic carbocycles. The van der Waals surface area contributed by atoms with Gasteiger partial charge in [0.2, 0.25) is 11.8 Å². The number of hydrogen-bond acceptors (Lipinski definition) is 3. The predicted molar refractivity (Wildman–Crippen MR) is 89.8 cm³/mol. The number of thioether (sulfide) groups is 1. The first-order valence-corrected chi connectivity index (χ1v) is 9.89. The molecule has 1 heterocycles. The Hall–Kier alpha value is -0.710. The van der Waals surface area contributed by atoms with Gasteiger partial charge in [0.15, 0.2) is 0 Å². The molecule has 2 amide bonds. The Balaban J connectivity index is 1.68. The van der Waals surface area contributed by atoms with Crippen molar-refractivity contribution >= 4 is 23.6 Å². The number of amides is 2. The van der Waals surface area contributed by atoms with E-state index in [2.05, 4.69) is 10.2 Å². The van der Waals surface area contributed by atoms with E-state index in [1.165, 1.54) is 45.4 Å². The lowest BCUT2D eigenvalue weighted by Gasteiger charge is -2.45. The molecule has 0 radical (unpaired) electrons. The quantitative estimate of drug-likeness (QED) is 0.864. The van der Waals surface area contributed by atoms with Crippen LogP contribution in [0.5, 0.6) is 0 Å². The molecule has 22 heavy (non-hydrogen) atoms. The van der Waals surface area contributed by atoms with E-state index in [9.17, 15) is 9.59 Å². The molecule has 4 nitrogen and oxygen atoms in total. The van der Waals surface area contributed by atoms with Crippen molar-refractivity contribution in [3.63, 3.8) is 0 Å². The third-order valence-corrected chi connectivity index (χ3v) is 6.88. The van der Waals surface area contributed by atoms with Crippen molar-refractivity contribution in [1.82, 2.24) is 10.2 Å². The summed E-state index contributed by atoms with van der Waals surface area (Å²) in [4.78, 5) is 26.7. The number of nitrogens with zero attached hydrogens (tertiary/aromatic N) is 1. The lowest BCUT2D eigenvalue weighted by atomic mass is 9.80. The van der Waals surface area contributed by atoms with Gasteiger partial charge in [0.05, 0.1) is 0 Å². The summed E-state index contributed by atoms with van der Waals surface area (Å²) in [5, 5.41) is 3.55. The van der Waals surface area contributed by atoms with Crippen molar-refractivity contribution in [1.29, 1.82) is 0 Å². The SMILES string of the molecule is CC(=O)N[C@H](CC1CCC1)C(=O)N1CCS[C@H]2CCCC[C@@H]21. The number of hydrogen-bond donors (Lipinski definition) is 1. The summed E-state index contributed by atoms with van der Waals surface area (Å²) in [6.07, 6.45) is 9.45. The summed E-state index contributed by atoms with van der Waals surface area (Å²) in [5.41, 5.74) is 0. The van der Waals surface area contributed by atoms with Gasteiger partial charge in [-0.05, 0) is 25.2 Å². The first-order valence-electron chi connectivity index (χ1n) is 8.84. The topological polar surface area (TPSA) is 49.4 Å². The van der Waals surface area contributed by atoms with Crippen LogP contribution < -0.4 is 5.32 Å². The second-order valence-electron chi connectivity index (χ2n) is 7.08. The molecule has 3 aliphatic rings. The molecule has 0 bridgehead atoms. The molecule has 124 valence electrons. The minimum Gasteiger partial charge on any atom is -0.345 e. The molecule has 0 unspecified atom stereocenters. The van der Waals surface area contributed by atoms with Crippen LogP contribution in [0.4, 0.5) is 0 Å². The van der Waals surface area contributed by atoms with Crippen molar-refractivity contribution in [2.45, 2.75) is 75.6 Å². The maximum Gasteiger partial charge on any atom is 0.245 e. The van der Waals surface area contributed by atoms with E-state index in [1.54, 1.807) is 0 Å². The van der Waals surface area contributed by atoms with Crippen molar-refractivity contribution < 1.29 is 9.59 Å². The molecule has 5 heteroatoms. The second kappa shape index (κ2) is 7.24. The molecule has 1 saturated heterocycles. The van der Waals surface area contributed by atoms with Crippen molar-refractivity contribution in [2.75, 3.05) is 12.3 Å². The highest BCUT2D eigenvalue weighted by Gasteiger charge is 2.39. The Morgan fingerprint density at radius 2 is 1.95 bits per heavy atom. The van der Waals surface area contributed by atoms with Gasteiger partial charge in [-0.1, -0.05) is 32.1 Å². The van der Waals surface area contributed by atoms with Crippen LogP contribution in [0, 0.1) is 5.92 Å². The fourth-order valence-corrected chi connectivity index (χ4v) is 5.54. The van der Waals surface area contributed by atoms with E-state index in [-0.39, 0.29) is 17.9 Å². The number of carbonyl (C=O) groups is 2. The summed E-state index contributed by atoms with van der Waals surface area (Å²) in [7, 11) is 0. The Bertz CT molecular complexity index is 423. The standard InChI is InChI=1S/C17H28N2O2S/c1-12(20)18-14(11-13-5-4-6-13)17(21)19-9-10-22-16-8-3-2-7-15(16)19/h13-16H,2-11H2,1H3,(H,18,20)/t14-,15+,16+/m1/s1. The van der Waals surface area contributed by atoms with Crippen molar-refractivity contribution in [2.24, 2.45) is 5.92 Å². The zero-order valence-electron chi connectivity index (χ0n) is 13.6. The zero-order valence-corrected chi connectivity index (χ0v) is 14.4. The van der Waals surface area contributed by atoms with Gasteiger partial charge in [0, 0.05) is 30.5 Å². The normalized spacial score (nSPS) is 30.1. The van der Waals surface area contributed by atoms with Gasteiger partial charge in [0.25, 0.3) is 0 Å². The van der Waals surface area contributed by atoms with Gasteiger partial charge in [-0.3, -0.25) is 9.59 Å². The van der Waals surface area contributed by atoms with E-state index >= 15 is 0 Å². The number of fused-ring (bicyclic) bond motifs is 1. The van der Waals surface area contributed by atoms with Crippen molar-refractivity contribution in [3.05, 3.63) is 0 Å². The first-order chi connectivity index (χ1) is 10.6. The maximum atomic E-state index is 13.1. The average Bonchev–Trinajstić information content (AvgIpc) is 2.48. The lowest BCUT2D eigenvalue weighted by Crippen LogP contribution is -2.57. The largest absolute Gasteiger partial charge is 0.345 e. The van der Waals surface area contributed by atoms with Crippen LogP contribution in [0.1, 0.15) is 58.3 Å². The van der Waals surface area contributed by atoms with Crippen LogP contribution >= 0.6 is 11.8 Å². The third-order valence-electron chi connectivity index (χ3n) is 5.48. The Kier molecular flexibility index (Phi) is 5.32. The summed E-state index contributed by atoms with van der Waals surface area (Å²) in [6, 6.07) is 0.103. The van der Waals surface area contributed by atoms with E-state index in [1.807, 2.05) is 11.8 Å². The number of rotatable bonds is 4. The number of carbonyl (C=O) groups excluding carboxylic acids is 2. The maximum absolute atomic E-state index is 13.1. The highest BCUT2D eigenvalue weighted by molar-refractivity contribution is 8.00. The van der Waals surface area contributed by atoms with Crippen molar-refractivity contribution in [3.8, 4) is 0 Å². The van der Waals surface area contributed by atoms with Gasteiger partial charge in [-0.2, -0.15) is 11.8 Å². The van der Waals surface area contributed by atoms with E-state index in [4.69, 9.17) is 0 Å². The molecule has 2 aliphatic carbocycles. The van der Waals surface area contributed by atoms with Crippen LogP contribution in [0.2, 0.25) is 0 Å². The molecule has 3 fully saturated rings. The molecule has 1 aliphatic heterocycles. The number of nitrogens with one attached hydrogen (secondary N) is 1. The summed E-state index contributed by atoms with van der Waals surface area (Å²) in [6.45, 7) is 2.38.